The summed E-state index contributed by atoms with van der Waals surface area (Å²) in [6, 6.07) is 6.21. The van der Waals surface area contributed by atoms with Gasteiger partial charge in [0.15, 0.2) is 24.6 Å². The molecule has 206 valence electrons. The van der Waals surface area contributed by atoms with Gasteiger partial charge in [0.2, 0.25) is 0 Å². The summed E-state index contributed by atoms with van der Waals surface area (Å²) in [5.41, 5.74) is 0.385. The monoisotopic (exact) mass is 537 g/mol. The van der Waals surface area contributed by atoms with Crippen molar-refractivity contribution in [3.8, 4) is 0 Å². The highest BCUT2D eigenvalue weighted by Crippen LogP contribution is 2.30. The van der Waals surface area contributed by atoms with E-state index in [1.165, 1.54) is 12.1 Å². The van der Waals surface area contributed by atoms with Crippen LogP contribution in [0.25, 0.3) is 0 Å². The van der Waals surface area contributed by atoms with E-state index in [9.17, 15) is 28.8 Å². The number of benzene rings is 1. The molecule has 0 aromatic heterocycles. The first-order valence-electron chi connectivity index (χ1n) is 11.5. The highest BCUT2D eigenvalue weighted by molar-refractivity contribution is 6.20. The van der Waals surface area contributed by atoms with E-state index in [2.05, 4.69) is 0 Å². The molecule has 2 amide bonds. The van der Waals surface area contributed by atoms with Crippen LogP contribution in [0.1, 0.15) is 48.4 Å². The predicted octanol–water partition coefficient (Wildman–Crippen LogP) is 0.314. The second-order valence-electron chi connectivity index (χ2n) is 8.22. The average Bonchev–Trinajstić information content (AvgIpc) is 3.08. The minimum absolute atomic E-state index is 0.193. The molecule has 14 heteroatoms. The smallest absolute Gasteiger partial charge is 0.303 e. The van der Waals surface area contributed by atoms with Crippen molar-refractivity contribution in [2.75, 3.05) is 19.8 Å². The van der Waals surface area contributed by atoms with Gasteiger partial charge in [-0.15, -0.1) is 5.06 Å². The standard InChI is InChI=1S/C24H27NO13/c1-12(26)33-11-18-19(35-13(2)27)20(36-14(3)28)21(37-15(4)29)24(38-18)32-9-10-34-25-22(30)16-7-5-6-8-17(16)23(25)31/h5-8,18-21,24H,9-11H2,1-4H3/t18-,19-,20+,21+,24+/m1/s1. The van der Waals surface area contributed by atoms with Gasteiger partial charge in [-0.2, -0.15) is 0 Å². The first-order chi connectivity index (χ1) is 18.0. The lowest BCUT2D eigenvalue weighted by Gasteiger charge is -2.44. The molecule has 0 spiro atoms. The van der Waals surface area contributed by atoms with E-state index in [0.717, 1.165) is 27.7 Å². The number of amides is 2. The van der Waals surface area contributed by atoms with Crippen molar-refractivity contribution in [1.82, 2.24) is 5.06 Å². The minimum atomic E-state index is -1.42. The number of hydroxylamine groups is 2. The summed E-state index contributed by atoms with van der Waals surface area (Å²) < 4.78 is 32.3. The first kappa shape index (κ1) is 28.7. The number of hydrogen-bond acceptors (Lipinski definition) is 13. The Hall–Kier alpha value is -3.88. The summed E-state index contributed by atoms with van der Waals surface area (Å²) in [7, 11) is 0. The third-order valence-corrected chi connectivity index (χ3v) is 5.29. The van der Waals surface area contributed by atoms with Gasteiger partial charge in [0.1, 0.15) is 12.7 Å². The Morgan fingerprint density at radius 1 is 0.763 bits per heavy atom. The van der Waals surface area contributed by atoms with Gasteiger partial charge in [-0.25, -0.2) is 0 Å². The second kappa shape index (κ2) is 12.6. The van der Waals surface area contributed by atoms with Crippen LogP contribution in [0, 0.1) is 0 Å². The number of rotatable bonds is 10. The van der Waals surface area contributed by atoms with Gasteiger partial charge in [-0.05, 0) is 12.1 Å². The molecule has 1 saturated heterocycles. The molecule has 3 rings (SSSR count). The second-order valence-corrected chi connectivity index (χ2v) is 8.22. The fraction of sp³-hybridized carbons (Fsp3) is 0.500. The molecular weight excluding hydrogens is 510 g/mol. The number of hydrogen-bond donors (Lipinski definition) is 0. The van der Waals surface area contributed by atoms with Crippen LogP contribution < -0.4 is 0 Å². The summed E-state index contributed by atoms with van der Waals surface area (Å²) in [5, 5.41) is 0.598. The largest absolute Gasteiger partial charge is 0.463 e. The van der Waals surface area contributed by atoms with Crippen LogP contribution in [0.4, 0.5) is 0 Å². The van der Waals surface area contributed by atoms with Crippen LogP contribution in [-0.4, -0.2) is 91.3 Å². The van der Waals surface area contributed by atoms with Crippen molar-refractivity contribution in [3.05, 3.63) is 35.4 Å². The van der Waals surface area contributed by atoms with Gasteiger partial charge >= 0.3 is 23.9 Å². The van der Waals surface area contributed by atoms with Gasteiger partial charge in [0, 0.05) is 27.7 Å². The molecule has 5 atom stereocenters. The van der Waals surface area contributed by atoms with Gasteiger partial charge in [-0.1, -0.05) is 12.1 Å². The number of nitrogens with zero attached hydrogens (tertiary/aromatic N) is 1. The Balaban J connectivity index is 1.74. The molecule has 1 fully saturated rings. The normalized spacial score (nSPS) is 24.4. The quantitative estimate of drug-likeness (QED) is 0.173. The zero-order chi connectivity index (χ0) is 28.0. The van der Waals surface area contributed by atoms with E-state index < -0.39 is 73.0 Å². The fourth-order valence-corrected chi connectivity index (χ4v) is 3.90. The summed E-state index contributed by atoms with van der Waals surface area (Å²) in [6.07, 6.45) is -6.72. The van der Waals surface area contributed by atoms with Gasteiger partial charge < -0.3 is 28.4 Å². The molecule has 14 nitrogen and oxygen atoms in total. The lowest BCUT2D eigenvalue weighted by molar-refractivity contribution is -0.310. The molecule has 0 unspecified atom stereocenters. The Kier molecular flexibility index (Phi) is 9.50. The number of ether oxygens (including phenoxy) is 6. The molecular formula is C24H27NO13. The predicted molar refractivity (Wildman–Crippen MR) is 121 cm³/mol. The van der Waals surface area contributed by atoms with Crippen LogP contribution in [-0.2, 0) is 52.4 Å². The van der Waals surface area contributed by atoms with E-state index in [0.29, 0.717) is 5.06 Å². The van der Waals surface area contributed by atoms with E-state index >= 15 is 0 Å². The SMILES string of the molecule is CC(=O)OC[C@H]1O[C@H](OCCON2C(=O)c3ccccc3C2=O)[C@@H](OC(C)=O)[C@@H](OC(C)=O)[C@@H]1OC(C)=O. The lowest BCUT2D eigenvalue weighted by Crippen LogP contribution is -2.63. The number of esters is 4. The zero-order valence-corrected chi connectivity index (χ0v) is 21.1. The summed E-state index contributed by atoms with van der Waals surface area (Å²) in [6.45, 7) is 3.44. The van der Waals surface area contributed by atoms with Crippen molar-refractivity contribution < 1.29 is 62.0 Å². The van der Waals surface area contributed by atoms with Crippen molar-refractivity contribution in [2.45, 2.75) is 58.4 Å². The molecule has 0 N–H and O–H groups in total. The van der Waals surface area contributed by atoms with Crippen LogP contribution in [0.3, 0.4) is 0 Å². The molecule has 0 bridgehead atoms. The molecule has 0 radical (unpaired) electrons. The lowest BCUT2D eigenvalue weighted by atomic mass is 9.98. The number of fused-ring (bicyclic) bond motifs is 1. The van der Waals surface area contributed by atoms with Crippen LogP contribution in [0.15, 0.2) is 24.3 Å². The van der Waals surface area contributed by atoms with Crippen molar-refractivity contribution in [1.29, 1.82) is 0 Å². The number of carbonyl (C=O) groups is 6. The number of carbonyl (C=O) groups excluding carboxylic acids is 6. The highest BCUT2D eigenvalue weighted by atomic mass is 16.7. The van der Waals surface area contributed by atoms with Crippen molar-refractivity contribution in [3.63, 3.8) is 0 Å². The van der Waals surface area contributed by atoms with Gasteiger partial charge in [-0.3, -0.25) is 33.6 Å². The average molecular weight is 537 g/mol. The Morgan fingerprint density at radius 2 is 1.29 bits per heavy atom. The van der Waals surface area contributed by atoms with E-state index in [1.807, 2.05) is 0 Å². The van der Waals surface area contributed by atoms with Crippen LogP contribution >= 0.6 is 0 Å². The molecule has 1 aromatic carbocycles. The van der Waals surface area contributed by atoms with Crippen molar-refractivity contribution >= 4 is 35.7 Å². The third kappa shape index (κ3) is 6.90. The summed E-state index contributed by atoms with van der Waals surface area (Å²) >= 11 is 0. The molecule has 2 aliphatic rings. The maximum atomic E-state index is 12.4. The Morgan fingerprint density at radius 3 is 1.82 bits per heavy atom. The first-order valence-corrected chi connectivity index (χ1v) is 11.5. The van der Waals surface area contributed by atoms with E-state index in [-0.39, 0.29) is 24.3 Å². The maximum Gasteiger partial charge on any atom is 0.303 e. The van der Waals surface area contributed by atoms with Crippen LogP contribution in [0.2, 0.25) is 0 Å². The maximum absolute atomic E-state index is 12.4. The zero-order valence-electron chi connectivity index (χ0n) is 21.1. The third-order valence-electron chi connectivity index (χ3n) is 5.29. The molecule has 0 saturated carbocycles. The molecule has 1 aromatic rings. The highest BCUT2D eigenvalue weighted by Gasteiger charge is 2.52. The topological polar surface area (TPSA) is 170 Å². The summed E-state index contributed by atoms with van der Waals surface area (Å²) in [4.78, 5) is 77.0. The van der Waals surface area contributed by atoms with Gasteiger partial charge in [0.25, 0.3) is 11.8 Å². The van der Waals surface area contributed by atoms with Crippen LogP contribution in [0.5, 0.6) is 0 Å². The molecule has 0 aliphatic carbocycles. The number of imide groups is 1. The van der Waals surface area contributed by atoms with Gasteiger partial charge in [0.05, 0.1) is 24.3 Å². The van der Waals surface area contributed by atoms with E-state index in [4.69, 9.17) is 33.3 Å². The van der Waals surface area contributed by atoms with Crippen molar-refractivity contribution in [2.24, 2.45) is 0 Å². The van der Waals surface area contributed by atoms with E-state index in [1.54, 1.807) is 12.1 Å². The fourth-order valence-electron chi connectivity index (χ4n) is 3.90. The molecule has 38 heavy (non-hydrogen) atoms. The Bertz CT molecular complexity index is 1070. The Labute approximate surface area is 216 Å². The molecule has 2 heterocycles. The molecule has 2 aliphatic heterocycles. The summed E-state index contributed by atoms with van der Waals surface area (Å²) in [5.74, 6) is -4.28. The minimum Gasteiger partial charge on any atom is -0.463 e.